The van der Waals surface area contributed by atoms with Crippen LogP contribution < -0.4 is 16.0 Å². The van der Waals surface area contributed by atoms with Gasteiger partial charge in [-0.3, -0.25) is 19.2 Å². The number of carbonyl (C=O) groups excluding carboxylic acids is 4. The molecule has 2 saturated heterocycles. The molecular weight excluding hydrogens is 506 g/mol. The molecule has 4 amide bonds. The Morgan fingerprint density at radius 1 is 0.925 bits per heavy atom. The van der Waals surface area contributed by atoms with Crippen LogP contribution in [0.3, 0.4) is 0 Å². The molecule has 40 heavy (non-hydrogen) atoms. The maximum Gasteiger partial charge on any atom is 0.250 e. The van der Waals surface area contributed by atoms with Crippen LogP contribution in [0.15, 0.2) is 54.6 Å². The van der Waals surface area contributed by atoms with E-state index < -0.39 is 11.4 Å². The summed E-state index contributed by atoms with van der Waals surface area (Å²) < 4.78 is 0. The van der Waals surface area contributed by atoms with Gasteiger partial charge in [0, 0.05) is 36.8 Å². The Hall–Kier alpha value is -3.88. The SMILES string of the molecule is NC(=O)c1ccccc1CCC(=O)N1CCC2(CC1)C(=O)N(CC(=O)NC1CCCCC1)CN2c1ccccc1. The fourth-order valence-corrected chi connectivity index (χ4v) is 6.52. The second-order valence-electron chi connectivity index (χ2n) is 11.2. The molecule has 0 bridgehead atoms. The number of nitrogens with zero attached hydrogens (tertiary/aromatic N) is 3. The van der Waals surface area contributed by atoms with Crippen molar-refractivity contribution < 1.29 is 19.2 Å². The highest BCUT2D eigenvalue weighted by Gasteiger charge is 2.54. The van der Waals surface area contributed by atoms with Crippen LogP contribution in [0.25, 0.3) is 0 Å². The van der Waals surface area contributed by atoms with E-state index in [-0.39, 0.29) is 36.7 Å². The van der Waals surface area contributed by atoms with Crippen molar-refractivity contribution in [2.75, 3.05) is 31.2 Å². The van der Waals surface area contributed by atoms with Crippen LogP contribution in [-0.2, 0) is 20.8 Å². The smallest absolute Gasteiger partial charge is 0.250 e. The zero-order chi connectivity index (χ0) is 28.1. The van der Waals surface area contributed by atoms with Gasteiger partial charge in [-0.1, -0.05) is 55.7 Å². The summed E-state index contributed by atoms with van der Waals surface area (Å²) in [7, 11) is 0. The zero-order valence-corrected chi connectivity index (χ0v) is 23.0. The summed E-state index contributed by atoms with van der Waals surface area (Å²) in [5.41, 5.74) is 6.85. The lowest BCUT2D eigenvalue weighted by Gasteiger charge is -2.43. The highest BCUT2D eigenvalue weighted by Crippen LogP contribution is 2.39. The number of anilines is 1. The molecular formula is C31H39N5O4. The molecule has 0 atom stereocenters. The van der Waals surface area contributed by atoms with Gasteiger partial charge in [-0.2, -0.15) is 0 Å². The fourth-order valence-electron chi connectivity index (χ4n) is 6.52. The second kappa shape index (κ2) is 12.1. The van der Waals surface area contributed by atoms with E-state index in [0.29, 0.717) is 44.6 Å². The number of nitrogens with one attached hydrogen (secondary N) is 1. The minimum Gasteiger partial charge on any atom is -0.366 e. The minimum atomic E-state index is -0.790. The van der Waals surface area contributed by atoms with E-state index in [2.05, 4.69) is 10.2 Å². The minimum absolute atomic E-state index is 0.00505. The summed E-state index contributed by atoms with van der Waals surface area (Å²) in [5, 5.41) is 3.14. The van der Waals surface area contributed by atoms with E-state index in [1.54, 1.807) is 17.0 Å². The molecule has 9 heteroatoms. The molecule has 2 aromatic rings. The maximum atomic E-state index is 13.9. The third-order valence-corrected chi connectivity index (χ3v) is 8.72. The van der Waals surface area contributed by atoms with Gasteiger partial charge < -0.3 is 25.8 Å². The number of hydrogen-bond donors (Lipinski definition) is 2. The first-order valence-electron chi connectivity index (χ1n) is 14.4. The van der Waals surface area contributed by atoms with Crippen LogP contribution in [0.2, 0.25) is 0 Å². The van der Waals surface area contributed by atoms with Crippen molar-refractivity contribution in [2.24, 2.45) is 5.73 Å². The Balaban J connectivity index is 1.25. The molecule has 5 rings (SSSR count). The van der Waals surface area contributed by atoms with Gasteiger partial charge >= 0.3 is 0 Å². The average Bonchev–Trinajstić information content (AvgIpc) is 3.23. The summed E-state index contributed by atoms with van der Waals surface area (Å²) >= 11 is 0. The monoisotopic (exact) mass is 545 g/mol. The van der Waals surface area contributed by atoms with E-state index >= 15 is 0 Å². The van der Waals surface area contributed by atoms with Gasteiger partial charge in [0.2, 0.25) is 17.7 Å². The van der Waals surface area contributed by atoms with Crippen LogP contribution in [0.4, 0.5) is 5.69 Å². The number of benzene rings is 2. The highest BCUT2D eigenvalue weighted by atomic mass is 16.2. The summed E-state index contributed by atoms with van der Waals surface area (Å²) in [6.45, 7) is 1.29. The molecule has 1 spiro atoms. The van der Waals surface area contributed by atoms with E-state index in [9.17, 15) is 19.2 Å². The first-order chi connectivity index (χ1) is 19.4. The van der Waals surface area contributed by atoms with Crippen molar-refractivity contribution in [3.05, 3.63) is 65.7 Å². The third-order valence-electron chi connectivity index (χ3n) is 8.72. The van der Waals surface area contributed by atoms with E-state index in [4.69, 9.17) is 5.73 Å². The number of piperidine rings is 1. The first-order valence-corrected chi connectivity index (χ1v) is 14.4. The van der Waals surface area contributed by atoms with E-state index in [0.717, 1.165) is 36.9 Å². The van der Waals surface area contributed by atoms with E-state index in [1.165, 1.54) is 6.42 Å². The largest absolute Gasteiger partial charge is 0.366 e. The topological polar surface area (TPSA) is 116 Å². The molecule has 2 aliphatic heterocycles. The average molecular weight is 546 g/mol. The van der Waals surface area contributed by atoms with Crippen molar-refractivity contribution in [3.63, 3.8) is 0 Å². The Morgan fingerprint density at radius 3 is 2.30 bits per heavy atom. The molecule has 0 radical (unpaired) electrons. The fraction of sp³-hybridized carbons (Fsp3) is 0.484. The molecule has 2 aromatic carbocycles. The van der Waals surface area contributed by atoms with Gasteiger partial charge in [0.25, 0.3) is 5.91 Å². The molecule has 212 valence electrons. The molecule has 1 saturated carbocycles. The van der Waals surface area contributed by atoms with Crippen LogP contribution in [-0.4, -0.2) is 71.3 Å². The summed E-state index contributed by atoms with van der Waals surface area (Å²) in [5.74, 6) is -0.651. The highest BCUT2D eigenvalue weighted by molar-refractivity contribution is 5.96. The quantitative estimate of drug-likeness (QED) is 0.529. The predicted octanol–water partition coefficient (Wildman–Crippen LogP) is 2.83. The van der Waals surface area contributed by atoms with Crippen LogP contribution in [0.1, 0.15) is 67.3 Å². The molecule has 3 aliphatic rings. The van der Waals surface area contributed by atoms with Crippen molar-refractivity contribution in [1.82, 2.24) is 15.1 Å². The Morgan fingerprint density at radius 2 is 1.60 bits per heavy atom. The molecule has 1 aliphatic carbocycles. The molecule has 3 N–H and O–H groups in total. The van der Waals surface area contributed by atoms with Gasteiger partial charge in [-0.15, -0.1) is 0 Å². The van der Waals surface area contributed by atoms with Crippen molar-refractivity contribution in [3.8, 4) is 0 Å². The summed E-state index contributed by atoms with van der Waals surface area (Å²) in [6, 6.07) is 17.1. The van der Waals surface area contributed by atoms with Gasteiger partial charge in [-0.25, -0.2) is 0 Å². The standard InChI is InChI=1S/C31H39N5O4/c32-29(39)26-14-8-7-9-23(26)15-16-28(38)34-19-17-31(18-20-34)30(40)35(22-36(31)25-12-5-2-6-13-25)21-27(37)33-24-10-3-1-4-11-24/h2,5-9,12-14,24H,1,3-4,10-11,15-22H2,(H2,32,39)(H,33,37). The van der Waals surface area contributed by atoms with Crippen molar-refractivity contribution >= 4 is 29.3 Å². The normalized spacial score (nSPS) is 19.2. The predicted molar refractivity (Wildman–Crippen MR) is 152 cm³/mol. The third kappa shape index (κ3) is 5.83. The molecule has 2 heterocycles. The van der Waals surface area contributed by atoms with Crippen LogP contribution in [0, 0.1) is 0 Å². The number of aryl methyl sites for hydroxylation is 1. The number of hydrogen-bond acceptors (Lipinski definition) is 5. The van der Waals surface area contributed by atoms with Crippen LogP contribution in [0.5, 0.6) is 0 Å². The van der Waals surface area contributed by atoms with Gasteiger partial charge in [-0.05, 0) is 55.9 Å². The van der Waals surface area contributed by atoms with Crippen molar-refractivity contribution in [2.45, 2.75) is 69.4 Å². The van der Waals surface area contributed by atoms with Crippen molar-refractivity contribution in [1.29, 1.82) is 0 Å². The number of carbonyl (C=O) groups is 4. The van der Waals surface area contributed by atoms with Gasteiger partial charge in [0.05, 0.1) is 6.67 Å². The van der Waals surface area contributed by atoms with Crippen LogP contribution >= 0.6 is 0 Å². The summed E-state index contributed by atoms with van der Waals surface area (Å²) in [4.78, 5) is 57.3. The molecule has 0 aromatic heterocycles. The van der Waals surface area contributed by atoms with E-state index in [1.807, 2.05) is 47.4 Å². The maximum absolute atomic E-state index is 13.9. The zero-order valence-electron chi connectivity index (χ0n) is 23.0. The lowest BCUT2D eigenvalue weighted by molar-refractivity contribution is -0.140. The lowest BCUT2D eigenvalue weighted by atomic mass is 9.85. The number of para-hydroxylation sites is 1. The van der Waals surface area contributed by atoms with Gasteiger partial charge in [0.1, 0.15) is 12.1 Å². The lowest BCUT2D eigenvalue weighted by Crippen LogP contribution is -2.57. The summed E-state index contributed by atoms with van der Waals surface area (Å²) in [6.07, 6.45) is 7.15. The Kier molecular flexibility index (Phi) is 8.38. The second-order valence-corrected chi connectivity index (χ2v) is 11.2. The molecule has 3 fully saturated rings. The Labute approximate surface area is 235 Å². The number of amides is 4. The number of nitrogens with two attached hydrogens (primary N) is 1. The number of primary amides is 1. The number of likely N-dealkylation sites (tertiary alicyclic amines) is 1. The molecule has 9 nitrogen and oxygen atoms in total. The van der Waals surface area contributed by atoms with Gasteiger partial charge in [0.15, 0.2) is 0 Å². The first kappa shape index (κ1) is 27.7. The Bertz CT molecular complexity index is 1240. The molecule has 0 unspecified atom stereocenters. The number of rotatable bonds is 8.